The smallest absolute Gasteiger partial charge is 0.250 e. The van der Waals surface area contributed by atoms with Crippen LogP contribution in [0.3, 0.4) is 0 Å². The Morgan fingerprint density at radius 3 is 2.45 bits per heavy atom. The molecular formula is C16H24N4O2. The summed E-state index contributed by atoms with van der Waals surface area (Å²) in [6, 6.07) is 6.03. The lowest BCUT2D eigenvalue weighted by Gasteiger charge is -2.41. The highest BCUT2D eigenvalue weighted by molar-refractivity contribution is 5.99. The molecule has 0 atom stereocenters. The number of anilines is 2. The van der Waals surface area contributed by atoms with Crippen LogP contribution in [0.5, 0.6) is 0 Å². The number of rotatable bonds is 3. The topological polar surface area (TPSA) is 84.8 Å². The van der Waals surface area contributed by atoms with Crippen molar-refractivity contribution in [2.45, 2.75) is 18.9 Å². The number of primary amides is 1. The van der Waals surface area contributed by atoms with E-state index in [2.05, 4.69) is 9.80 Å². The number of carbonyl (C=O) groups excluding carboxylic acids is 1. The summed E-state index contributed by atoms with van der Waals surface area (Å²) in [5.41, 5.74) is 13.3. The largest absolute Gasteiger partial charge is 0.399 e. The molecule has 0 aliphatic carbocycles. The number of nitrogens with zero attached hydrogens (tertiary/aromatic N) is 2. The van der Waals surface area contributed by atoms with E-state index in [-0.39, 0.29) is 0 Å². The predicted octanol–water partition coefficient (Wildman–Crippen LogP) is 0.669. The fraction of sp³-hybridized carbons (Fsp3) is 0.562. The minimum absolute atomic E-state index is 0.419. The highest BCUT2D eigenvalue weighted by Crippen LogP contribution is 2.27. The van der Waals surface area contributed by atoms with Gasteiger partial charge in [-0.15, -0.1) is 0 Å². The van der Waals surface area contributed by atoms with Gasteiger partial charge in [-0.25, -0.2) is 0 Å². The van der Waals surface area contributed by atoms with Crippen molar-refractivity contribution in [3.63, 3.8) is 0 Å². The Balaban J connectivity index is 1.67. The van der Waals surface area contributed by atoms with Gasteiger partial charge in [0.25, 0.3) is 5.91 Å². The van der Waals surface area contributed by atoms with E-state index < -0.39 is 5.91 Å². The Kier molecular flexibility index (Phi) is 4.49. The highest BCUT2D eigenvalue weighted by atomic mass is 16.5. The summed E-state index contributed by atoms with van der Waals surface area (Å²) in [6.45, 7) is 5.60. The Hall–Kier alpha value is -1.79. The molecule has 0 saturated carbocycles. The third-order valence-electron chi connectivity index (χ3n) is 4.65. The molecule has 0 spiro atoms. The Morgan fingerprint density at radius 2 is 1.82 bits per heavy atom. The first-order chi connectivity index (χ1) is 10.6. The molecule has 22 heavy (non-hydrogen) atoms. The number of nitrogen functional groups attached to an aromatic ring is 1. The first-order valence-corrected chi connectivity index (χ1v) is 7.91. The standard InChI is InChI=1S/C16H24N4O2/c17-12-1-2-15(14(11-12)16(18)21)20-5-3-13(4-6-20)19-7-9-22-10-8-19/h1-2,11,13H,3-10,17H2,(H2,18,21). The van der Waals surface area contributed by atoms with Crippen molar-refractivity contribution in [2.24, 2.45) is 5.73 Å². The maximum absolute atomic E-state index is 11.6. The first kappa shape index (κ1) is 15.1. The zero-order valence-corrected chi connectivity index (χ0v) is 12.8. The average molecular weight is 304 g/mol. The molecule has 2 saturated heterocycles. The van der Waals surface area contributed by atoms with E-state index in [0.29, 0.717) is 17.3 Å². The molecule has 0 radical (unpaired) electrons. The Morgan fingerprint density at radius 1 is 1.14 bits per heavy atom. The number of amides is 1. The number of nitrogens with two attached hydrogens (primary N) is 2. The van der Waals surface area contributed by atoms with Crippen LogP contribution in [-0.2, 0) is 4.74 Å². The average Bonchev–Trinajstić information content (AvgIpc) is 2.56. The summed E-state index contributed by atoms with van der Waals surface area (Å²) in [4.78, 5) is 16.4. The van der Waals surface area contributed by atoms with Gasteiger partial charge in [-0.05, 0) is 31.0 Å². The van der Waals surface area contributed by atoms with Crippen LogP contribution < -0.4 is 16.4 Å². The number of carbonyl (C=O) groups is 1. The van der Waals surface area contributed by atoms with Crippen molar-refractivity contribution >= 4 is 17.3 Å². The van der Waals surface area contributed by atoms with E-state index in [0.717, 1.165) is 57.9 Å². The lowest BCUT2D eigenvalue weighted by Crippen LogP contribution is -2.49. The molecule has 2 fully saturated rings. The van der Waals surface area contributed by atoms with Crippen molar-refractivity contribution in [1.29, 1.82) is 0 Å². The number of ether oxygens (including phenoxy) is 1. The molecule has 1 amide bonds. The van der Waals surface area contributed by atoms with Gasteiger partial charge in [-0.1, -0.05) is 0 Å². The quantitative estimate of drug-likeness (QED) is 0.802. The molecule has 2 aliphatic rings. The van der Waals surface area contributed by atoms with Crippen molar-refractivity contribution in [1.82, 2.24) is 4.90 Å². The molecule has 6 heteroatoms. The molecule has 3 rings (SSSR count). The number of hydrogen-bond acceptors (Lipinski definition) is 5. The summed E-state index contributed by atoms with van der Waals surface area (Å²) in [7, 11) is 0. The van der Waals surface area contributed by atoms with Gasteiger partial charge in [0.15, 0.2) is 0 Å². The van der Waals surface area contributed by atoms with Crippen LogP contribution in [0.25, 0.3) is 0 Å². The van der Waals surface area contributed by atoms with E-state index in [9.17, 15) is 4.79 Å². The second kappa shape index (κ2) is 6.54. The van der Waals surface area contributed by atoms with Gasteiger partial charge in [0.1, 0.15) is 0 Å². The summed E-state index contributed by atoms with van der Waals surface area (Å²) in [5.74, 6) is -0.419. The molecule has 0 unspecified atom stereocenters. The molecule has 0 bridgehead atoms. The van der Waals surface area contributed by atoms with Gasteiger partial charge in [-0.3, -0.25) is 9.69 Å². The fourth-order valence-corrected chi connectivity index (χ4v) is 3.44. The number of piperidine rings is 1. The second-order valence-corrected chi connectivity index (χ2v) is 6.01. The van der Waals surface area contributed by atoms with Crippen LogP contribution in [0.15, 0.2) is 18.2 Å². The summed E-state index contributed by atoms with van der Waals surface area (Å²) >= 11 is 0. The van der Waals surface area contributed by atoms with Crippen molar-refractivity contribution in [3.8, 4) is 0 Å². The normalized spacial score (nSPS) is 21.0. The van der Waals surface area contributed by atoms with Crippen LogP contribution in [0, 0.1) is 0 Å². The summed E-state index contributed by atoms with van der Waals surface area (Å²) < 4.78 is 5.42. The lowest BCUT2D eigenvalue weighted by atomic mass is 10.0. The molecular weight excluding hydrogens is 280 g/mol. The van der Waals surface area contributed by atoms with E-state index in [1.807, 2.05) is 12.1 Å². The monoisotopic (exact) mass is 304 g/mol. The molecule has 6 nitrogen and oxygen atoms in total. The maximum atomic E-state index is 11.6. The van der Waals surface area contributed by atoms with E-state index in [1.54, 1.807) is 6.07 Å². The first-order valence-electron chi connectivity index (χ1n) is 7.91. The van der Waals surface area contributed by atoms with E-state index >= 15 is 0 Å². The third-order valence-corrected chi connectivity index (χ3v) is 4.65. The van der Waals surface area contributed by atoms with Crippen LogP contribution in [0.1, 0.15) is 23.2 Å². The summed E-state index contributed by atoms with van der Waals surface area (Å²) in [5, 5.41) is 0. The molecule has 120 valence electrons. The van der Waals surface area contributed by atoms with Crippen LogP contribution in [0.2, 0.25) is 0 Å². The zero-order chi connectivity index (χ0) is 15.5. The minimum atomic E-state index is -0.419. The Bertz CT molecular complexity index is 535. The number of morpholine rings is 1. The zero-order valence-electron chi connectivity index (χ0n) is 12.8. The summed E-state index contributed by atoms with van der Waals surface area (Å²) in [6.07, 6.45) is 2.20. The van der Waals surface area contributed by atoms with Crippen LogP contribution in [0.4, 0.5) is 11.4 Å². The van der Waals surface area contributed by atoms with Crippen molar-refractivity contribution in [3.05, 3.63) is 23.8 Å². The van der Waals surface area contributed by atoms with Gasteiger partial charge in [0.2, 0.25) is 0 Å². The molecule has 2 heterocycles. The maximum Gasteiger partial charge on any atom is 0.250 e. The Labute approximate surface area is 131 Å². The van der Waals surface area contributed by atoms with Gasteiger partial charge in [-0.2, -0.15) is 0 Å². The molecule has 1 aromatic carbocycles. The number of hydrogen-bond donors (Lipinski definition) is 2. The fourth-order valence-electron chi connectivity index (χ4n) is 3.44. The van der Waals surface area contributed by atoms with Crippen LogP contribution >= 0.6 is 0 Å². The van der Waals surface area contributed by atoms with Gasteiger partial charge in [0.05, 0.1) is 18.8 Å². The van der Waals surface area contributed by atoms with E-state index in [4.69, 9.17) is 16.2 Å². The van der Waals surface area contributed by atoms with Crippen molar-refractivity contribution < 1.29 is 9.53 Å². The molecule has 4 N–H and O–H groups in total. The number of benzene rings is 1. The second-order valence-electron chi connectivity index (χ2n) is 6.01. The van der Waals surface area contributed by atoms with Gasteiger partial charge >= 0.3 is 0 Å². The van der Waals surface area contributed by atoms with Gasteiger partial charge in [0, 0.05) is 43.6 Å². The predicted molar refractivity (Wildman–Crippen MR) is 87.0 cm³/mol. The molecule has 0 aromatic heterocycles. The van der Waals surface area contributed by atoms with Crippen molar-refractivity contribution in [2.75, 3.05) is 50.0 Å². The van der Waals surface area contributed by atoms with Gasteiger partial charge < -0.3 is 21.1 Å². The van der Waals surface area contributed by atoms with Crippen LogP contribution in [-0.4, -0.2) is 56.2 Å². The lowest BCUT2D eigenvalue weighted by molar-refractivity contribution is 0.0115. The minimum Gasteiger partial charge on any atom is -0.399 e. The highest BCUT2D eigenvalue weighted by Gasteiger charge is 2.27. The van der Waals surface area contributed by atoms with E-state index in [1.165, 1.54) is 0 Å². The molecule has 1 aromatic rings. The third kappa shape index (κ3) is 3.18. The SMILES string of the molecule is NC(=O)c1cc(N)ccc1N1CCC(N2CCOCC2)CC1. The molecule has 2 aliphatic heterocycles.